The zero-order valence-electron chi connectivity index (χ0n) is 23.2. The molecule has 3 aromatic carbocycles. The van der Waals surface area contributed by atoms with Crippen LogP contribution in [0, 0.1) is 6.92 Å². The Morgan fingerprint density at radius 3 is 2.20 bits per heavy atom. The Bertz CT molecular complexity index is 1280. The molecule has 1 atom stereocenters. The van der Waals surface area contributed by atoms with E-state index in [1.807, 2.05) is 26.0 Å². The maximum Gasteiger partial charge on any atom is 0.416 e. The van der Waals surface area contributed by atoms with Gasteiger partial charge in [-0.25, -0.2) is 4.79 Å². The molecule has 0 aliphatic rings. The third-order valence-corrected chi connectivity index (χ3v) is 6.93. The topological polar surface area (TPSA) is 71.1 Å². The Balaban J connectivity index is 1.67. The summed E-state index contributed by atoms with van der Waals surface area (Å²) in [6.07, 6.45) is -3.68. The van der Waals surface area contributed by atoms with Gasteiger partial charge in [-0.2, -0.15) is 13.2 Å². The fourth-order valence-electron chi connectivity index (χ4n) is 3.73. The Hall–Kier alpha value is -3.66. The van der Waals surface area contributed by atoms with Crippen LogP contribution in [0.3, 0.4) is 0 Å². The lowest BCUT2D eigenvalue weighted by atomic mass is 10.1. The highest BCUT2D eigenvalue weighted by Gasteiger charge is 2.30. The van der Waals surface area contributed by atoms with Gasteiger partial charge < -0.3 is 18.9 Å². The predicted octanol–water partition coefficient (Wildman–Crippen LogP) is 7.56. The summed E-state index contributed by atoms with van der Waals surface area (Å²) in [4.78, 5) is 24.7. The quantitative estimate of drug-likeness (QED) is 0.103. The molecule has 0 spiro atoms. The summed E-state index contributed by atoms with van der Waals surface area (Å²) in [5.74, 6) is 1.47. The van der Waals surface area contributed by atoms with Crippen molar-refractivity contribution < 1.29 is 41.7 Å². The highest BCUT2D eigenvalue weighted by molar-refractivity contribution is 7.99. The molecule has 0 fully saturated rings. The number of benzene rings is 3. The maximum atomic E-state index is 12.9. The first-order valence-corrected chi connectivity index (χ1v) is 14.2. The van der Waals surface area contributed by atoms with Crippen LogP contribution in [-0.2, 0) is 15.7 Å². The molecule has 0 amide bonds. The van der Waals surface area contributed by atoms with Crippen LogP contribution in [0.5, 0.6) is 17.2 Å². The van der Waals surface area contributed by atoms with Crippen molar-refractivity contribution in [3.8, 4) is 17.2 Å². The number of thioether (sulfide) groups is 1. The fourth-order valence-corrected chi connectivity index (χ4v) is 4.70. The van der Waals surface area contributed by atoms with Gasteiger partial charge in [0.2, 0.25) is 0 Å². The zero-order valence-corrected chi connectivity index (χ0v) is 24.0. The standard InChI is InChI=1S/C31H33F3O6S/c1-4-6-28(35)22-7-11-25(12-8-22)40-26(18-38-24-13-9-23(10-14-24)31(32,33)34)20-41-27-15-16-29(21(3)17-27)39-19-30(36)37-5-2/h7-17,26H,4-6,18-20H2,1-3H3. The molecule has 0 heterocycles. The van der Waals surface area contributed by atoms with Crippen molar-refractivity contribution in [1.29, 1.82) is 0 Å². The number of Topliss-reactive ketones (excluding diaryl/α,β-unsaturated/α-hetero) is 1. The van der Waals surface area contributed by atoms with Crippen molar-refractivity contribution in [1.82, 2.24) is 0 Å². The smallest absolute Gasteiger partial charge is 0.416 e. The molecule has 0 saturated carbocycles. The van der Waals surface area contributed by atoms with E-state index >= 15 is 0 Å². The molecular weight excluding hydrogens is 557 g/mol. The second-order valence-electron chi connectivity index (χ2n) is 9.10. The Morgan fingerprint density at radius 1 is 0.902 bits per heavy atom. The molecule has 0 aromatic heterocycles. The van der Waals surface area contributed by atoms with Crippen molar-refractivity contribution in [3.05, 3.63) is 83.4 Å². The summed E-state index contributed by atoms with van der Waals surface area (Å²) in [7, 11) is 0. The minimum absolute atomic E-state index is 0.0573. The number of esters is 1. The van der Waals surface area contributed by atoms with Crippen LogP contribution in [0.15, 0.2) is 71.6 Å². The summed E-state index contributed by atoms with van der Waals surface area (Å²) in [5.41, 5.74) is 0.688. The van der Waals surface area contributed by atoms with Crippen LogP contribution in [0.25, 0.3) is 0 Å². The van der Waals surface area contributed by atoms with E-state index in [0.29, 0.717) is 29.2 Å². The van der Waals surface area contributed by atoms with Gasteiger partial charge in [0, 0.05) is 22.6 Å². The number of rotatable bonds is 15. The normalized spacial score (nSPS) is 12.0. The minimum atomic E-state index is -4.43. The second kappa shape index (κ2) is 15.4. The van der Waals surface area contributed by atoms with E-state index in [1.165, 1.54) is 23.9 Å². The molecule has 0 aliphatic heterocycles. The number of carbonyl (C=O) groups excluding carboxylic acids is 2. The van der Waals surface area contributed by atoms with Crippen LogP contribution < -0.4 is 14.2 Å². The summed E-state index contributed by atoms with van der Waals surface area (Å²) in [5, 5.41) is 0. The predicted molar refractivity (Wildman–Crippen MR) is 151 cm³/mol. The molecule has 0 N–H and O–H groups in total. The number of hydrogen-bond donors (Lipinski definition) is 0. The van der Waals surface area contributed by atoms with E-state index < -0.39 is 23.8 Å². The van der Waals surface area contributed by atoms with E-state index in [4.69, 9.17) is 18.9 Å². The van der Waals surface area contributed by atoms with Crippen molar-refractivity contribution in [2.45, 2.75) is 50.8 Å². The third kappa shape index (κ3) is 10.4. The van der Waals surface area contributed by atoms with Gasteiger partial charge in [-0.05, 0) is 92.6 Å². The van der Waals surface area contributed by atoms with Crippen LogP contribution >= 0.6 is 11.8 Å². The number of aryl methyl sites for hydroxylation is 1. The minimum Gasteiger partial charge on any atom is -0.490 e. The molecule has 3 aromatic rings. The zero-order chi connectivity index (χ0) is 29.8. The lowest BCUT2D eigenvalue weighted by molar-refractivity contribution is -0.145. The van der Waals surface area contributed by atoms with Gasteiger partial charge >= 0.3 is 12.1 Å². The lowest BCUT2D eigenvalue weighted by Crippen LogP contribution is -2.27. The van der Waals surface area contributed by atoms with E-state index in [9.17, 15) is 22.8 Å². The van der Waals surface area contributed by atoms with Crippen molar-refractivity contribution in [2.75, 3.05) is 25.6 Å². The van der Waals surface area contributed by atoms with Crippen molar-refractivity contribution >= 4 is 23.5 Å². The summed E-state index contributed by atoms with van der Waals surface area (Å²) >= 11 is 1.50. The second-order valence-corrected chi connectivity index (χ2v) is 10.2. The molecular formula is C31H33F3O6S. The number of ether oxygens (including phenoxy) is 4. The van der Waals surface area contributed by atoms with Gasteiger partial charge in [0.25, 0.3) is 0 Å². The first kappa shape index (κ1) is 31.9. The van der Waals surface area contributed by atoms with Gasteiger partial charge in [0.15, 0.2) is 12.4 Å². The Morgan fingerprint density at radius 2 is 1.59 bits per heavy atom. The van der Waals surface area contributed by atoms with Gasteiger partial charge in [-0.3, -0.25) is 4.79 Å². The van der Waals surface area contributed by atoms with E-state index in [1.54, 1.807) is 37.3 Å². The van der Waals surface area contributed by atoms with E-state index in [0.717, 1.165) is 29.0 Å². The summed E-state index contributed by atoms with van der Waals surface area (Å²) in [6, 6.07) is 16.9. The average molecular weight is 591 g/mol. The van der Waals surface area contributed by atoms with Crippen LogP contribution in [0.2, 0.25) is 0 Å². The van der Waals surface area contributed by atoms with Gasteiger partial charge in [-0.15, -0.1) is 11.8 Å². The number of carbonyl (C=O) groups is 2. The molecule has 0 saturated heterocycles. The first-order valence-electron chi connectivity index (χ1n) is 13.2. The highest BCUT2D eigenvalue weighted by Crippen LogP contribution is 2.31. The molecule has 0 bridgehead atoms. The molecule has 3 rings (SSSR count). The van der Waals surface area contributed by atoms with E-state index in [-0.39, 0.29) is 31.4 Å². The molecule has 220 valence electrons. The molecule has 0 radical (unpaired) electrons. The van der Waals surface area contributed by atoms with Crippen molar-refractivity contribution in [2.24, 2.45) is 0 Å². The number of hydrogen-bond acceptors (Lipinski definition) is 7. The van der Waals surface area contributed by atoms with Gasteiger partial charge in [-0.1, -0.05) is 6.92 Å². The monoisotopic (exact) mass is 590 g/mol. The van der Waals surface area contributed by atoms with Crippen LogP contribution in [0.1, 0.15) is 48.2 Å². The largest absolute Gasteiger partial charge is 0.490 e. The average Bonchev–Trinajstić information content (AvgIpc) is 2.94. The fraction of sp³-hybridized carbons (Fsp3) is 0.355. The number of ketones is 1. The number of alkyl halides is 3. The summed E-state index contributed by atoms with van der Waals surface area (Å²) < 4.78 is 61.1. The lowest BCUT2D eigenvalue weighted by Gasteiger charge is -2.20. The summed E-state index contributed by atoms with van der Waals surface area (Å²) in [6.45, 7) is 5.72. The molecule has 0 aliphatic carbocycles. The van der Waals surface area contributed by atoms with Crippen LogP contribution in [0.4, 0.5) is 13.2 Å². The highest BCUT2D eigenvalue weighted by atomic mass is 32.2. The van der Waals surface area contributed by atoms with Gasteiger partial charge in [0.1, 0.15) is 30.0 Å². The maximum absolute atomic E-state index is 12.9. The first-order chi connectivity index (χ1) is 19.6. The molecule has 6 nitrogen and oxygen atoms in total. The van der Waals surface area contributed by atoms with Crippen LogP contribution in [-0.4, -0.2) is 43.4 Å². The SMILES string of the molecule is CCCC(=O)c1ccc(OC(COc2ccc(C(F)(F)F)cc2)CSc2ccc(OCC(=O)OCC)c(C)c2)cc1. The van der Waals surface area contributed by atoms with Crippen molar-refractivity contribution in [3.63, 3.8) is 0 Å². The molecule has 41 heavy (non-hydrogen) atoms. The molecule has 1 unspecified atom stereocenters. The van der Waals surface area contributed by atoms with Gasteiger partial charge in [0.05, 0.1) is 12.2 Å². The third-order valence-electron chi connectivity index (χ3n) is 5.81. The molecule has 10 heteroatoms. The Labute approximate surface area is 242 Å². The number of halogens is 3. The van der Waals surface area contributed by atoms with E-state index in [2.05, 4.69) is 0 Å². The Kier molecular flexibility index (Phi) is 11.9.